The molecule has 0 saturated carbocycles. The van der Waals surface area contributed by atoms with E-state index in [9.17, 15) is 9.59 Å². The Labute approximate surface area is 141 Å². The Morgan fingerprint density at radius 3 is 2.96 bits per heavy atom. The number of amides is 2. The van der Waals surface area contributed by atoms with Gasteiger partial charge in [-0.2, -0.15) is 0 Å². The molecule has 1 aliphatic rings. The zero-order valence-corrected chi connectivity index (χ0v) is 13.5. The summed E-state index contributed by atoms with van der Waals surface area (Å²) in [6.07, 6.45) is 1.58. The highest BCUT2D eigenvalue weighted by Crippen LogP contribution is 2.26. The van der Waals surface area contributed by atoms with Crippen molar-refractivity contribution in [2.45, 2.75) is 12.8 Å². The van der Waals surface area contributed by atoms with Gasteiger partial charge in [-0.3, -0.25) is 14.9 Å². The van der Waals surface area contributed by atoms with E-state index in [1.807, 2.05) is 30.3 Å². The van der Waals surface area contributed by atoms with Gasteiger partial charge in [0.1, 0.15) is 10.6 Å². The molecule has 7 heteroatoms. The number of pyridine rings is 1. The third kappa shape index (κ3) is 2.74. The van der Waals surface area contributed by atoms with Crippen molar-refractivity contribution in [2.75, 3.05) is 11.9 Å². The van der Waals surface area contributed by atoms with Gasteiger partial charge in [-0.05, 0) is 25.0 Å². The molecule has 0 spiro atoms. The molecule has 1 aromatic carbocycles. The normalized spacial score (nSPS) is 13.9. The molecule has 0 saturated heterocycles. The van der Waals surface area contributed by atoms with E-state index in [-0.39, 0.29) is 11.8 Å². The largest absolute Gasteiger partial charge is 0.351 e. The van der Waals surface area contributed by atoms with Crippen LogP contribution in [0.5, 0.6) is 0 Å². The molecule has 4 rings (SSSR count). The molecule has 2 N–H and O–H groups in total. The maximum absolute atomic E-state index is 12.4. The molecule has 120 valence electrons. The van der Waals surface area contributed by atoms with E-state index in [1.54, 1.807) is 6.07 Å². The van der Waals surface area contributed by atoms with Gasteiger partial charge in [0.2, 0.25) is 0 Å². The molecule has 3 aromatic rings. The van der Waals surface area contributed by atoms with Gasteiger partial charge < -0.3 is 5.32 Å². The first-order valence-electron chi connectivity index (χ1n) is 7.66. The predicted octanol–water partition coefficient (Wildman–Crippen LogP) is 2.62. The molecule has 0 bridgehead atoms. The summed E-state index contributed by atoms with van der Waals surface area (Å²) < 4.78 is 0. The monoisotopic (exact) mass is 338 g/mol. The molecule has 0 aliphatic carbocycles. The van der Waals surface area contributed by atoms with Gasteiger partial charge in [0.25, 0.3) is 11.8 Å². The number of fused-ring (bicyclic) bond motifs is 2. The molecule has 6 nitrogen and oxygen atoms in total. The second-order valence-electron chi connectivity index (χ2n) is 5.50. The molecule has 0 fully saturated rings. The number of aromatic nitrogens is 2. The second-order valence-corrected chi connectivity index (χ2v) is 6.50. The van der Waals surface area contributed by atoms with Crippen molar-refractivity contribution < 1.29 is 9.59 Å². The fraction of sp³-hybridized carbons (Fsp3) is 0.176. The van der Waals surface area contributed by atoms with E-state index < -0.39 is 0 Å². The molecule has 2 amide bonds. The number of carbonyl (C=O) groups excluding carboxylic acids is 2. The Morgan fingerprint density at radius 1 is 1.17 bits per heavy atom. The van der Waals surface area contributed by atoms with Gasteiger partial charge in [0.05, 0.1) is 11.2 Å². The summed E-state index contributed by atoms with van der Waals surface area (Å²) in [5.74, 6) is -0.450. The lowest BCUT2D eigenvalue weighted by Gasteiger charge is -2.03. The van der Waals surface area contributed by atoms with Crippen molar-refractivity contribution in [1.29, 1.82) is 0 Å². The molecule has 0 atom stereocenters. The highest BCUT2D eigenvalue weighted by Gasteiger charge is 2.21. The average molecular weight is 338 g/mol. The number of nitrogens with one attached hydrogen (secondary N) is 2. The van der Waals surface area contributed by atoms with Crippen LogP contribution in [0.15, 0.2) is 36.4 Å². The quantitative estimate of drug-likeness (QED) is 0.752. The van der Waals surface area contributed by atoms with Gasteiger partial charge in [0.15, 0.2) is 5.13 Å². The van der Waals surface area contributed by atoms with E-state index in [0.717, 1.165) is 29.4 Å². The minimum atomic E-state index is -0.329. The van der Waals surface area contributed by atoms with Gasteiger partial charge in [-0.25, -0.2) is 9.97 Å². The molecular weight excluding hydrogens is 324 g/mol. The summed E-state index contributed by atoms with van der Waals surface area (Å²) in [6, 6.07) is 11.2. The van der Waals surface area contributed by atoms with Gasteiger partial charge >= 0.3 is 0 Å². The van der Waals surface area contributed by atoms with Crippen molar-refractivity contribution in [2.24, 2.45) is 0 Å². The van der Waals surface area contributed by atoms with Crippen LogP contribution in [-0.2, 0) is 6.42 Å². The number of hydrogen-bond acceptors (Lipinski definition) is 5. The molecule has 3 heterocycles. The summed E-state index contributed by atoms with van der Waals surface area (Å²) in [5, 5.41) is 6.98. The Kier molecular flexibility index (Phi) is 3.70. The Morgan fingerprint density at radius 2 is 2.04 bits per heavy atom. The lowest BCUT2D eigenvalue weighted by molar-refractivity contribution is 0.0958. The van der Waals surface area contributed by atoms with Crippen LogP contribution in [0.1, 0.15) is 32.3 Å². The maximum atomic E-state index is 12.4. The number of benzene rings is 1. The van der Waals surface area contributed by atoms with E-state index in [0.29, 0.717) is 22.2 Å². The first kappa shape index (κ1) is 14.8. The number of thiazole rings is 1. The van der Waals surface area contributed by atoms with Crippen molar-refractivity contribution in [3.8, 4) is 0 Å². The molecule has 1 aliphatic heterocycles. The van der Waals surface area contributed by atoms with Crippen molar-refractivity contribution in [1.82, 2.24) is 15.3 Å². The van der Waals surface area contributed by atoms with E-state index in [1.165, 1.54) is 11.3 Å². The number of aryl methyl sites for hydroxylation is 1. The van der Waals surface area contributed by atoms with Crippen LogP contribution >= 0.6 is 11.3 Å². The van der Waals surface area contributed by atoms with Crippen molar-refractivity contribution in [3.63, 3.8) is 0 Å². The minimum absolute atomic E-state index is 0.121. The zero-order chi connectivity index (χ0) is 16.5. The summed E-state index contributed by atoms with van der Waals surface area (Å²) in [6.45, 7) is 0.657. The van der Waals surface area contributed by atoms with Crippen LogP contribution in [0.2, 0.25) is 0 Å². The molecule has 0 unspecified atom stereocenters. The van der Waals surface area contributed by atoms with Gasteiger partial charge in [0, 0.05) is 11.9 Å². The van der Waals surface area contributed by atoms with Crippen LogP contribution in [-0.4, -0.2) is 28.3 Å². The SMILES string of the molecule is O=C(Nc1nc2c(s1)C(=O)NCCC2)c1ccc2ccccc2n1. The topological polar surface area (TPSA) is 84.0 Å². The zero-order valence-electron chi connectivity index (χ0n) is 12.7. The fourth-order valence-electron chi connectivity index (χ4n) is 2.64. The predicted molar refractivity (Wildman–Crippen MR) is 92.5 cm³/mol. The summed E-state index contributed by atoms with van der Waals surface area (Å²) in [7, 11) is 0. The molecular formula is C17H14N4O2S. The number of nitrogens with zero attached hydrogens (tertiary/aromatic N) is 2. The summed E-state index contributed by atoms with van der Waals surface area (Å²) in [5.41, 5.74) is 1.83. The highest BCUT2D eigenvalue weighted by atomic mass is 32.1. The van der Waals surface area contributed by atoms with E-state index >= 15 is 0 Å². The molecule has 24 heavy (non-hydrogen) atoms. The summed E-state index contributed by atoms with van der Waals surface area (Å²) >= 11 is 1.20. The van der Waals surface area contributed by atoms with Gasteiger partial charge in [-0.15, -0.1) is 0 Å². The fourth-order valence-corrected chi connectivity index (χ4v) is 3.57. The Bertz CT molecular complexity index is 951. The summed E-state index contributed by atoms with van der Waals surface area (Å²) in [4.78, 5) is 33.7. The average Bonchev–Trinajstić information content (AvgIpc) is 2.93. The van der Waals surface area contributed by atoms with Crippen LogP contribution in [0.25, 0.3) is 10.9 Å². The lowest BCUT2D eigenvalue weighted by Crippen LogP contribution is -2.21. The Hall–Kier alpha value is -2.80. The van der Waals surface area contributed by atoms with E-state index in [4.69, 9.17) is 0 Å². The number of anilines is 1. The van der Waals surface area contributed by atoms with Crippen LogP contribution in [0.3, 0.4) is 0 Å². The Balaban J connectivity index is 1.59. The lowest BCUT2D eigenvalue weighted by atomic mass is 10.2. The van der Waals surface area contributed by atoms with E-state index in [2.05, 4.69) is 20.6 Å². The van der Waals surface area contributed by atoms with Crippen LogP contribution < -0.4 is 10.6 Å². The first-order valence-corrected chi connectivity index (χ1v) is 8.47. The first-order chi connectivity index (χ1) is 11.7. The third-order valence-electron chi connectivity index (χ3n) is 3.83. The number of para-hydroxylation sites is 1. The smallest absolute Gasteiger partial charge is 0.276 e. The van der Waals surface area contributed by atoms with Crippen molar-refractivity contribution in [3.05, 3.63) is 52.7 Å². The number of hydrogen-bond donors (Lipinski definition) is 2. The van der Waals surface area contributed by atoms with Crippen LogP contribution in [0.4, 0.5) is 5.13 Å². The third-order valence-corrected chi connectivity index (χ3v) is 4.84. The second kappa shape index (κ2) is 6.01. The molecule has 2 aromatic heterocycles. The minimum Gasteiger partial charge on any atom is -0.351 e. The highest BCUT2D eigenvalue weighted by molar-refractivity contribution is 7.17. The van der Waals surface area contributed by atoms with Crippen LogP contribution in [0, 0.1) is 0 Å². The number of carbonyl (C=O) groups is 2. The standard InChI is InChI=1S/C17H14N4O2S/c22-15(13-8-7-10-4-1-2-5-11(10)19-13)21-17-20-12-6-3-9-18-16(23)14(12)24-17/h1-2,4-5,7-8H,3,6,9H2,(H,18,23)(H,20,21,22). The molecule has 0 radical (unpaired) electrons. The van der Waals surface area contributed by atoms with Crippen molar-refractivity contribution >= 4 is 39.2 Å². The number of rotatable bonds is 2. The maximum Gasteiger partial charge on any atom is 0.276 e. The van der Waals surface area contributed by atoms with Gasteiger partial charge in [-0.1, -0.05) is 35.6 Å².